The van der Waals surface area contributed by atoms with Gasteiger partial charge in [-0.25, -0.2) is 0 Å². The number of hydrogen-bond donors (Lipinski definition) is 0. The Morgan fingerprint density at radius 3 is 1.67 bits per heavy atom. The summed E-state index contributed by atoms with van der Waals surface area (Å²) in [4.78, 5) is 0. The molecular weight excluding hydrogens is 292 g/mol. The Morgan fingerprint density at radius 1 is 0.708 bits per heavy atom. The quantitative estimate of drug-likeness (QED) is 0.555. The molecule has 0 amide bonds. The molecule has 24 heavy (non-hydrogen) atoms. The summed E-state index contributed by atoms with van der Waals surface area (Å²) in [6.45, 7) is 15.8. The van der Waals surface area contributed by atoms with Crippen LogP contribution in [0.4, 0.5) is 0 Å². The predicted octanol–water partition coefficient (Wildman–Crippen LogP) is 6.71. The molecule has 4 atom stereocenters. The van der Waals surface area contributed by atoms with Crippen LogP contribution in [-0.2, 0) is 4.74 Å². The maximum absolute atomic E-state index is 6.30. The van der Waals surface area contributed by atoms with Gasteiger partial charge in [0.2, 0.25) is 0 Å². The molecule has 0 aromatic rings. The first kappa shape index (κ1) is 18.7. The van der Waals surface area contributed by atoms with Gasteiger partial charge < -0.3 is 4.74 Å². The third-order valence-corrected chi connectivity index (χ3v) is 9.04. The van der Waals surface area contributed by atoms with Gasteiger partial charge in [0.25, 0.3) is 0 Å². The van der Waals surface area contributed by atoms with Gasteiger partial charge in [0.05, 0.1) is 12.7 Å². The molecule has 2 aliphatic carbocycles. The molecular formula is C23H42O. The second-order valence-corrected chi connectivity index (χ2v) is 10.6. The van der Waals surface area contributed by atoms with Crippen LogP contribution in [0.2, 0.25) is 0 Å². The van der Waals surface area contributed by atoms with E-state index >= 15 is 0 Å². The fraction of sp³-hybridized carbons (Fsp3) is 1.00. The fourth-order valence-electron chi connectivity index (χ4n) is 6.48. The van der Waals surface area contributed by atoms with Crippen LogP contribution in [0.25, 0.3) is 0 Å². The lowest BCUT2D eigenvalue weighted by molar-refractivity contribution is -0.185. The molecule has 1 heteroatoms. The van der Waals surface area contributed by atoms with Crippen molar-refractivity contribution in [3.8, 4) is 0 Å². The monoisotopic (exact) mass is 334 g/mol. The Hall–Kier alpha value is -0.0400. The highest BCUT2D eigenvalue weighted by molar-refractivity contribution is 5.09. The molecule has 140 valence electrons. The zero-order valence-electron chi connectivity index (χ0n) is 17.2. The molecule has 1 saturated heterocycles. The minimum Gasteiger partial charge on any atom is -0.378 e. The SMILES string of the molecule is CC(C)C1CCC(C2(C)CCC2(C)C2CCC(C(C)C)OC2)CC1. The Balaban J connectivity index is 1.62. The van der Waals surface area contributed by atoms with Crippen LogP contribution >= 0.6 is 0 Å². The Labute approximate surface area is 151 Å². The smallest absolute Gasteiger partial charge is 0.0598 e. The molecule has 1 heterocycles. The van der Waals surface area contributed by atoms with Gasteiger partial charge in [-0.2, -0.15) is 0 Å². The Bertz CT molecular complexity index is 372. The Morgan fingerprint density at radius 2 is 1.25 bits per heavy atom. The summed E-state index contributed by atoms with van der Waals surface area (Å²) < 4.78 is 6.30. The van der Waals surface area contributed by atoms with Crippen LogP contribution in [0, 0.1) is 40.4 Å². The van der Waals surface area contributed by atoms with Crippen LogP contribution in [0.5, 0.6) is 0 Å². The van der Waals surface area contributed by atoms with Crippen molar-refractivity contribution in [1.82, 2.24) is 0 Å². The van der Waals surface area contributed by atoms with Crippen LogP contribution < -0.4 is 0 Å². The topological polar surface area (TPSA) is 9.23 Å². The highest BCUT2D eigenvalue weighted by atomic mass is 16.5. The minimum absolute atomic E-state index is 0.512. The van der Waals surface area contributed by atoms with E-state index in [2.05, 4.69) is 41.5 Å². The highest BCUT2D eigenvalue weighted by Crippen LogP contribution is 2.67. The third kappa shape index (κ3) is 3.08. The summed E-state index contributed by atoms with van der Waals surface area (Å²) >= 11 is 0. The lowest BCUT2D eigenvalue weighted by atomic mass is 9.40. The van der Waals surface area contributed by atoms with Crippen LogP contribution in [0.1, 0.15) is 92.9 Å². The Kier molecular flexibility index (Phi) is 5.41. The van der Waals surface area contributed by atoms with Gasteiger partial charge in [0, 0.05) is 0 Å². The summed E-state index contributed by atoms with van der Waals surface area (Å²) in [5.74, 6) is 4.31. The molecule has 0 aromatic heterocycles. The molecule has 3 rings (SSSR count). The first-order valence-electron chi connectivity index (χ1n) is 10.9. The second-order valence-electron chi connectivity index (χ2n) is 10.6. The van der Waals surface area contributed by atoms with E-state index < -0.39 is 0 Å². The van der Waals surface area contributed by atoms with E-state index in [1.165, 1.54) is 51.4 Å². The summed E-state index contributed by atoms with van der Waals surface area (Å²) in [6.07, 6.45) is 12.0. The molecule has 4 unspecified atom stereocenters. The van der Waals surface area contributed by atoms with Crippen molar-refractivity contribution >= 4 is 0 Å². The average molecular weight is 335 g/mol. The van der Waals surface area contributed by atoms with E-state index in [4.69, 9.17) is 4.74 Å². The second kappa shape index (κ2) is 6.93. The van der Waals surface area contributed by atoms with Crippen molar-refractivity contribution in [2.24, 2.45) is 40.4 Å². The maximum Gasteiger partial charge on any atom is 0.0598 e. The molecule has 1 nitrogen and oxygen atoms in total. The summed E-state index contributed by atoms with van der Waals surface area (Å²) in [5, 5.41) is 0. The van der Waals surface area contributed by atoms with Crippen molar-refractivity contribution in [3.05, 3.63) is 0 Å². The lowest BCUT2D eigenvalue weighted by Gasteiger charge is -2.65. The largest absolute Gasteiger partial charge is 0.378 e. The summed E-state index contributed by atoms with van der Waals surface area (Å²) in [7, 11) is 0. The molecule has 3 fully saturated rings. The van der Waals surface area contributed by atoms with Gasteiger partial charge >= 0.3 is 0 Å². The average Bonchev–Trinajstić information content (AvgIpc) is 2.59. The molecule has 1 aliphatic heterocycles. The van der Waals surface area contributed by atoms with Crippen molar-refractivity contribution < 1.29 is 4.74 Å². The molecule has 2 saturated carbocycles. The van der Waals surface area contributed by atoms with Gasteiger partial charge in [-0.05, 0) is 91.8 Å². The highest BCUT2D eigenvalue weighted by Gasteiger charge is 2.60. The number of hydrogen-bond acceptors (Lipinski definition) is 1. The van der Waals surface area contributed by atoms with Crippen LogP contribution in [0.3, 0.4) is 0 Å². The molecule has 0 N–H and O–H groups in total. The summed E-state index contributed by atoms with van der Waals surface area (Å²) in [5.41, 5.74) is 1.11. The lowest BCUT2D eigenvalue weighted by Crippen LogP contribution is -2.58. The molecule has 0 aromatic carbocycles. The zero-order chi connectivity index (χ0) is 17.5. The number of rotatable bonds is 4. The van der Waals surface area contributed by atoms with E-state index in [1.807, 2.05) is 0 Å². The van der Waals surface area contributed by atoms with E-state index in [1.54, 1.807) is 0 Å². The fourth-order valence-corrected chi connectivity index (χ4v) is 6.48. The van der Waals surface area contributed by atoms with Gasteiger partial charge in [0.15, 0.2) is 0 Å². The molecule has 0 radical (unpaired) electrons. The van der Waals surface area contributed by atoms with E-state index in [-0.39, 0.29) is 0 Å². The first-order chi connectivity index (χ1) is 11.3. The van der Waals surface area contributed by atoms with Gasteiger partial charge in [-0.3, -0.25) is 0 Å². The first-order valence-corrected chi connectivity index (χ1v) is 10.9. The molecule has 3 aliphatic rings. The van der Waals surface area contributed by atoms with Crippen molar-refractivity contribution in [2.45, 2.75) is 99.0 Å². The van der Waals surface area contributed by atoms with Crippen molar-refractivity contribution in [2.75, 3.05) is 6.61 Å². The molecule has 0 spiro atoms. The minimum atomic E-state index is 0.512. The standard InChI is InChI=1S/C23H42O/c1-16(2)18-7-9-19(10-8-18)22(5)13-14-23(22,6)20-11-12-21(17(3)4)24-15-20/h16-21H,7-15H2,1-6H3. The van der Waals surface area contributed by atoms with Crippen molar-refractivity contribution in [1.29, 1.82) is 0 Å². The summed E-state index contributed by atoms with van der Waals surface area (Å²) in [6, 6.07) is 0. The van der Waals surface area contributed by atoms with Crippen LogP contribution in [-0.4, -0.2) is 12.7 Å². The zero-order valence-corrected chi connectivity index (χ0v) is 17.2. The third-order valence-electron chi connectivity index (χ3n) is 9.04. The maximum atomic E-state index is 6.30. The van der Waals surface area contributed by atoms with E-state index in [0.717, 1.165) is 30.3 Å². The van der Waals surface area contributed by atoms with E-state index in [9.17, 15) is 0 Å². The van der Waals surface area contributed by atoms with Gasteiger partial charge in [-0.15, -0.1) is 0 Å². The van der Waals surface area contributed by atoms with Crippen molar-refractivity contribution in [3.63, 3.8) is 0 Å². The molecule has 0 bridgehead atoms. The van der Waals surface area contributed by atoms with E-state index in [0.29, 0.717) is 22.9 Å². The van der Waals surface area contributed by atoms with Crippen LogP contribution in [0.15, 0.2) is 0 Å². The number of ether oxygens (including phenoxy) is 1. The predicted molar refractivity (Wildman–Crippen MR) is 103 cm³/mol. The van der Waals surface area contributed by atoms with Gasteiger partial charge in [0.1, 0.15) is 0 Å². The normalized spacial score (nSPS) is 47.0. The van der Waals surface area contributed by atoms with Gasteiger partial charge in [-0.1, -0.05) is 41.5 Å².